The molecule has 0 fully saturated rings. The third kappa shape index (κ3) is 3.18. The Morgan fingerprint density at radius 2 is 2.14 bits per heavy atom. The Labute approximate surface area is 83.3 Å². The van der Waals surface area contributed by atoms with Crippen LogP contribution in [0.1, 0.15) is 11.1 Å². The molecule has 1 N–H and O–H groups in total. The maximum Gasteiger partial charge on any atom is 0.309 e. The van der Waals surface area contributed by atoms with Gasteiger partial charge in [-0.15, -0.1) is 0 Å². The summed E-state index contributed by atoms with van der Waals surface area (Å²) in [5, 5.41) is 8.75. The number of esters is 1. The van der Waals surface area contributed by atoms with Crippen LogP contribution < -0.4 is 0 Å². The molecule has 1 rings (SSSR count). The number of carbonyl (C=O) groups is 1. The quantitative estimate of drug-likeness (QED) is 0.725. The first-order chi connectivity index (χ1) is 6.76. The number of aliphatic hydroxyl groups excluding tert-OH is 1. The number of hydrogen-bond acceptors (Lipinski definition) is 3. The van der Waals surface area contributed by atoms with Crippen LogP contribution in [0.5, 0.6) is 0 Å². The molecule has 3 heteroatoms. The maximum atomic E-state index is 11.0. The fourth-order valence-corrected chi connectivity index (χ4v) is 1.26. The highest BCUT2D eigenvalue weighted by molar-refractivity contribution is 5.72. The minimum Gasteiger partial charge on any atom is -0.469 e. The molecule has 14 heavy (non-hydrogen) atoms. The second-order valence-electron chi connectivity index (χ2n) is 3.05. The zero-order valence-electron chi connectivity index (χ0n) is 8.19. The number of carbonyl (C=O) groups excluding carboxylic acids is 1. The Bertz CT molecular complexity index is 307. The third-order valence-electron chi connectivity index (χ3n) is 1.97. The predicted molar refractivity (Wildman–Crippen MR) is 53.0 cm³/mol. The molecule has 0 atom stereocenters. The summed E-state index contributed by atoms with van der Waals surface area (Å²) in [5.41, 5.74) is 1.96. The van der Waals surface area contributed by atoms with Crippen molar-refractivity contribution in [2.75, 3.05) is 13.7 Å². The van der Waals surface area contributed by atoms with E-state index in [1.807, 2.05) is 24.3 Å². The fourth-order valence-electron chi connectivity index (χ4n) is 1.26. The van der Waals surface area contributed by atoms with Crippen molar-refractivity contribution in [1.82, 2.24) is 0 Å². The van der Waals surface area contributed by atoms with Crippen molar-refractivity contribution in [1.29, 1.82) is 0 Å². The van der Waals surface area contributed by atoms with Gasteiger partial charge < -0.3 is 9.84 Å². The van der Waals surface area contributed by atoms with E-state index in [1.165, 1.54) is 7.11 Å². The number of ether oxygens (including phenoxy) is 1. The topological polar surface area (TPSA) is 46.5 Å². The van der Waals surface area contributed by atoms with Crippen molar-refractivity contribution in [2.45, 2.75) is 12.8 Å². The summed E-state index contributed by atoms with van der Waals surface area (Å²) >= 11 is 0. The monoisotopic (exact) mass is 194 g/mol. The van der Waals surface area contributed by atoms with Crippen LogP contribution in [0.2, 0.25) is 0 Å². The molecular weight excluding hydrogens is 180 g/mol. The molecule has 0 saturated carbocycles. The highest BCUT2D eigenvalue weighted by Gasteiger charge is 2.02. The number of aliphatic hydroxyl groups is 1. The zero-order valence-corrected chi connectivity index (χ0v) is 8.19. The summed E-state index contributed by atoms with van der Waals surface area (Å²) in [6, 6.07) is 7.59. The van der Waals surface area contributed by atoms with E-state index < -0.39 is 0 Å². The molecule has 0 aromatic heterocycles. The second kappa shape index (κ2) is 5.40. The average molecular weight is 194 g/mol. The average Bonchev–Trinajstić information content (AvgIpc) is 2.19. The first kappa shape index (κ1) is 10.7. The van der Waals surface area contributed by atoms with Crippen molar-refractivity contribution < 1.29 is 14.6 Å². The molecule has 0 aliphatic heterocycles. The SMILES string of the molecule is COC(=O)Cc1cccc(CCO)c1. The number of methoxy groups -OCH3 is 1. The summed E-state index contributed by atoms with van der Waals surface area (Å²) < 4.78 is 4.57. The van der Waals surface area contributed by atoms with Gasteiger partial charge in [0.1, 0.15) is 0 Å². The van der Waals surface area contributed by atoms with Crippen molar-refractivity contribution in [3.05, 3.63) is 35.4 Å². The molecule has 0 aliphatic carbocycles. The van der Waals surface area contributed by atoms with Gasteiger partial charge >= 0.3 is 5.97 Å². The maximum absolute atomic E-state index is 11.0. The van der Waals surface area contributed by atoms with Gasteiger partial charge in [-0.25, -0.2) is 0 Å². The highest BCUT2D eigenvalue weighted by atomic mass is 16.5. The molecule has 0 radical (unpaired) electrons. The van der Waals surface area contributed by atoms with Crippen LogP contribution in [0.4, 0.5) is 0 Å². The molecular formula is C11H14O3. The largest absolute Gasteiger partial charge is 0.469 e. The lowest BCUT2D eigenvalue weighted by Gasteiger charge is -2.02. The molecule has 1 aromatic rings. The molecule has 1 aromatic carbocycles. The standard InChI is InChI=1S/C11H14O3/c1-14-11(13)8-10-4-2-3-9(7-10)5-6-12/h2-4,7,12H,5-6,8H2,1H3. The van der Waals surface area contributed by atoms with Crippen LogP contribution in [0, 0.1) is 0 Å². The third-order valence-corrected chi connectivity index (χ3v) is 1.97. The smallest absolute Gasteiger partial charge is 0.309 e. The lowest BCUT2D eigenvalue weighted by molar-refractivity contribution is -0.139. The van der Waals surface area contributed by atoms with E-state index in [0.717, 1.165) is 11.1 Å². The van der Waals surface area contributed by atoms with Crippen LogP contribution in [-0.4, -0.2) is 24.8 Å². The van der Waals surface area contributed by atoms with Crippen LogP contribution >= 0.6 is 0 Å². The second-order valence-corrected chi connectivity index (χ2v) is 3.05. The van der Waals surface area contributed by atoms with Gasteiger partial charge in [0, 0.05) is 6.61 Å². The van der Waals surface area contributed by atoms with E-state index in [1.54, 1.807) is 0 Å². The molecule has 76 valence electrons. The fraction of sp³-hybridized carbons (Fsp3) is 0.364. The van der Waals surface area contributed by atoms with Crippen molar-refractivity contribution >= 4 is 5.97 Å². The van der Waals surface area contributed by atoms with E-state index in [9.17, 15) is 4.79 Å². The molecule has 0 amide bonds. The summed E-state index contributed by atoms with van der Waals surface area (Å²) in [7, 11) is 1.37. The normalized spacial score (nSPS) is 9.86. The number of benzene rings is 1. The summed E-state index contributed by atoms with van der Waals surface area (Å²) in [5.74, 6) is -0.244. The summed E-state index contributed by atoms with van der Waals surface area (Å²) in [6.45, 7) is 0.127. The molecule has 0 bridgehead atoms. The van der Waals surface area contributed by atoms with Crippen LogP contribution in [0.15, 0.2) is 24.3 Å². The van der Waals surface area contributed by atoms with Crippen molar-refractivity contribution in [3.63, 3.8) is 0 Å². The van der Waals surface area contributed by atoms with Crippen LogP contribution in [0.3, 0.4) is 0 Å². The van der Waals surface area contributed by atoms with Gasteiger partial charge in [-0.05, 0) is 17.5 Å². The lowest BCUT2D eigenvalue weighted by atomic mass is 10.1. The highest BCUT2D eigenvalue weighted by Crippen LogP contribution is 2.07. The molecule has 0 unspecified atom stereocenters. The molecule has 0 aliphatic rings. The Kier molecular flexibility index (Phi) is 4.13. The van der Waals surface area contributed by atoms with Gasteiger partial charge in [0.05, 0.1) is 13.5 Å². The molecule has 0 heterocycles. The minimum absolute atomic E-state index is 0.127. The van der Waals surface area contributed by atoms with E-state index in [0.29, 0.717) is 6.42 Å². The van der Waals surface area contributed by atoms with E-state index in [2.05, 4.69) is 4.74 Å². The molecule has 0 spiro atoms. The van der Waals surface area contributed by atoms with Gasteiger partial charge in [0.15, 0.2) is 0 Å². The van der Waals surface area contributed by atoms with Crippen LogP contribution in [0.25, 0.3) is 0 Å². The van der Waals surface area contributed by atoms with Gasteiger partial charge in [0.25, 0.3) is 0 Å². The Morgan fingerprint density at radius 1 is 1.43 bits per heavy atom. The first-order valence-corrected chi connectivity index (χ1v) is 4.51. The number of rotatable bonds is 4. The Balaban J connectivity index is 2.68. The van der Waals surface area contributed by atoms with Crippen molar-refractivity contribution in [3.8, 4) is 0 Å². The van der Waals surface area contributed by atoms with Gasteiger partial charge in [-0.3, -0.25) is 4.79 Å². The summed E-state index contributed by atoms with van der Waals surface area (Å²) in [4.78, 5) is 11.0. The number of hydrogen-bond donors (Lipinski definition) is 1. The van der Waals surface area contributed by atoms with Gasteiger partial charge in [-0.2, -0.15) is 0 Å². The minimum atomic E-state index is -0.244. The zero-order chi connectivity index (χ0) is 10.4. The Hall–Kier alpha value is -1.35. The molecule has 0 saturated heterocycles. The van der Waals surface area contributed by atoms with Crippen molar-refractivity contribution in [2.24, 2.45) is 0 Å². The lowest BCUT2D eigenvalue weighted by Crippen LogP contribution is -2.04. The predicted octanol–water partition coefficient (Wildman–Crippen LogP) is 0.937. The van der Waals surface area contributed by atoms with Gasteiger partial charge in [-0.1, -0.05) is 24.3 Å². The molecule has 3 nitrogen and oxygen atoms in total. The van der Waals surface area contributed by atoms with E-state index in [-0.39, 0.29) is 19.0 Å². The van der Waals surface area contributed by atoms with Crippen LogP contribution in [-0.2, 0) is 22.4 Å². The van der Waals surface area contributed by atoms with Gasteiger partial charge in [0.2, 0.25) is 0 Å². The van der Waals surface area contributed by atoms with E-state index in [4.69, 9.17) is 5.11 Å². The van der Waals surface area contributed by atoms with E-state index >= 15 is 0 Å². The summed E-state index contributed by atoms with van der Waals surface area (Å²) in [6.07, 6.45) is 0.908. The first-order valence-electron chi connectivity index (χ1n) is 4.51. The Morgan fingerprint density at radius 3 is 2.79 bits per heavy atom.